The van der Waals surface area contributed by atoms with E-state index < -0.39 is 0 Å². The Bertz CT molecular complexity index is 457. The first-order valence-electron chi connectivity index (χ1n) is 7.95. The number of aromatic nitrogens is 3. The van der Waals surface area contributed by atoms with Crippen LogP contribution in [0.3, 0.4) is 0 Å². The van der Waals surface area contributed by atoms with Crippen molar-refractivity contribution in [1.29, 1.82) is 0 Å². The maximum absolute atomic E-state index is 12.3. The molecule has 1 N–H and O–H groups in total. The number of carbonyl (C=O) groups excluding carboxylic acids is 1. The molecule has 1 aromatic heterocycles. The molecule has 1 aromatic rings. The van der Waals surface area contributed by atoms with Gasteiger partial charge in [0.05, 0.1) is 11.9 Å². The minimum absolute atomic E-state index is 0.147. The Balaban J connectivity index is 1.82. The summed E-state index contributed by atoms with van der Waals surface area (Å²) in [5, 5.41) is 11.5. The second-order valence-electron chi connectivity index (χ2n) is 6.36. The summed E-state index contributed by atoms with van der Waals surface area (Å²) in [6.07, 6.45) is 5.30. The van der Waals surface area contributed by atoms with Crippen LogP contribution in [0.2, 0.25) is 0 Å². The Kier molecular flexibility index (Phi) is 5.73. The molecule has 1 atom stereocenters. The zero-order chi connectivity index (χ0) is 15.2. The molecule has 6 heteroatoms. The van der Waals surface area contributed by atoms with Crippen molar-refractivity contribution in [3.8, 4) is 0 Å². The lowest BCUT2D eigenvalue weighted by molar-refractivity contribution is -0.135. The molecule has 0 aromatic carbocycles. The summed E-state index contributed by atoms with van der Waals surface area (Å²) in [6, 6.07) is 0.349. The van der Waals surface area contributed by atoms with Crippen molar-refractivity contribution in [2.75, 3.05) is 13.1 Å². The lowest BCUT2D eigenvalue weighted by Gasteiger charge is -2.33. The first kappa shape index (κ1) is 15.9. The van der Waals surface area contributed by atoms with E-state index in [1.807, 2.05) is 11.1 Å². The van der Waals surface area contributed by atoms with Crippen LogP contribution >= 0.6 is 0 Å². The first-order chi connectivity index (χ1) is 10.1. The number of rotatable bonds is 6. The average Bonchev–Trinajstić information content (AvgIpc) is 2.86. The number of hydrogen-bond donors (Lipinski definition) is 1. The molecule has 1 saturated heterocycles. The van der Waals surface area contributed by atoms with Gasteiger partial charge in [0.25, 0.3) is 0 Å². The molecule has 1 amide bonds. The van der Waals surface area contributed by atoms with E-state index in [1.165, 1.54) is 6.42 Å². The van der Waals surface area contributed by atoms with Crippen molar-refractivity contribution in [2.45, 2.75) is 59.2 Å². The van der Waals surface area contributed by atoms with E-state index in [1.54, 1.807) is 4.68 Å². The number of piperidine rings is 1. The van der Waals surface area contributed by atoms with Gasteiger partial charge in [0.1, 0.15) is 6.54 Å². The van der Waals surface area contributed by atoms with Gasteiger partial charge in [-0.3, -0.25) is 4.79 Å². The zero-order valence-electron chi connectivity index (χ0n) is 13.4. The van der Waals surface area contributed by atoms with E-state index >= 15 is 0 Å². The van der Waals surface area contributed by atoms with Crippen molar-refractivity contribution in [1.82, 2.24) is 25.2 Å². The fourth-order valence-electron chi connectivity index (χ4n) is 2.68. The van der Waals surface area contributed by atoms with E-state index in [-0.39, 0.29) is 5.91 Å². The fourth-order valence-corrected chi connectivity index (χ4v) is 2.68. The lowest BCUT2D eigenvalue weighted by Crippen LogP contribution is -2.43. The van der Waals surface area contributed by atoms with Crippen LogP contribution in [0, 0.1) is 5.92 Å². The van der Waals surface area contributed by atoms with Crippen molar-refractivity contribution < 1.29 is 4.79 Å². The quantitative estimate of drug-likeness (QED) is 0.862. The minimum Gasteiger partial charge on any atom is -0.338 e. The molecule has 21 heavy (non-hydrogen) atoms. The molecule has 0 bridgehead atoms. The highest BCUT2D eigenvalue weighted by Crippen LogP contribution is 2.16. The molecule has 118 valence electrons. The standard InChI is InChI=1S/C15H27N5O/c1-12(2)8-16-9-14-10-19(18-17-14)11-15(21)20-7-5-4-6-13(20)3/h10,12-13,16H,4-9,11H2,1-3H3. The number of nitrogens with one attached hydrogen (secondary N) is 1. The first-order valence-corrected chi connectivity index (χ1v) is 7.95. The van der Waals surface area contributed by atoms with Crippen LogP contribution in [0.5, 0.6) is 0 Å². The molecule has 1 aliphatic rings. The molecule has 2 heterocycles. The Hall–Kier alpha value is -1.43. The van der Waals surface area contributed by atoms with Gasteiger partial charge >= 0.3 is 0 Å². The Morgan fingerprint density at radius 2 is 2.29 bits per heavy atom. The summed E-state index contributed by atoms with van der Waals surface area (Å²) < 4.78 is 1.65. The van der Waals surface area contributed by atoms with Crippen LogP contribution in [-0.4, -0.2) is 44.9 Å². The third-order valence-corrected chi connectivity index (χ3v) is 3.87. The molecular weight excluding hydrogens is 266 g/mol. The molecular formula is C15H27N5O. The molecule has 0 spiro atoms. The second-order valence-corrected chi connectivity index (χ2v) is 6.36. The highest BCUT2D eigenvalue weighted by atomic mass is 16.2. The summed E-state index contributed by atoms with van der Waals surface area (Å²) in [6.45, 7) is 9.28. The number of hydrogen-bond acceptors (Lipinski definition) is 4. The fraction of sp³-hybridized carbons (Fsp3) is 0.800. The SMILES string of the molecule is CC(C)CNCc1cn(CC(=O)N2CCCCC2C)nn1. The summed E-state index contributed by atoms with van der Waals surface area (Å²) >= 11 is 0. The Morgan fingerprint density at radius 1 is 1.48 bits per heavy atom. The largest absolute Gasteiger partial charge is 0.338 e. The van der Waals surface area contributed by atoms with Crippen molar-refractivity contribution in [3.63, 3.8) is 0 Å². The molecule has 2 rings (SSSR count). The third-order valence-electron chi connectivity index (χ3n) is 3.87. The summed E-state index contributed by atoms with van der Waals surface area (Å²) in [5.41, 5.74) is 0.884. The number of likely N-dealkylation sites (tertiary alicyclic amines) is 1. The van der Waals surface area contributed by atoms with Gasteiger partial charge in [0.15, 0.2) is 0 Å². The Labute approximate surface area is 126 Å². The number of carbonyl (C=O) groups is 1. The molecule has 0 saturated carbocycles. The third kappa shape index (κ3) is 4.81. The van der Waals surface area contributed by atoms with Gasteiger partial charge < -0.3 is 10.2 Å². The van der Waals surface area contributed by atoms with Crippen LogP contribution in [0.1, 0.15) is 45.7 Å². The summed E-state index contributed by atoms with van der Waals surface area (Å²) in [5.74, 6) is 0.760. The topological polar surface area (TPSA) is 63.1 Å². The summed E-state index contributed by atoms with van der Waals surface area (Å²) in [4.78, 5) is 14.3. The summed E-state index contributed by atoms with van der Waals surface area (Å²) in [7, 11) is 0. The van der Waals surface area contributed by atoms with E-state index in [0.717, 1.165) is 31.6 Å². The highest BCUT2D eigenvalue weighted by molar-refractivity contribution is 5.76. The maximum Gasteiger partial charge on any atom is 0.244 e. The van der Waals surface area contributed by atoms with E-state index in [2.05, 4.69) is 36.4 Å². The van der Waals surface area contributed by atoms with Gasteiger partial charge in [-0.1, -0.05) is 19.1 Å². The lowest BCUT2D eigenvalue weighted by atomic mass is 10.0. The predicted molar refractivity (Wildman–Crippen MR) is 81.6 cm³/mol. The monoisotopic (exact) mass is 293 g/mol. The Morgan fingerprint density at radius 3 is 3.00 bits per heavy atom. The predicted octanol–water partition coefficient (Wildman–Crippen LogP) is 1.42. The molecule has 6 nitrogen and oxygen atoms in total. The van der Waals surface area contributed by atoms with Crippen LogP contribution < -0.4 is 5.32 Å². The smallest absolute Gasteiger partial charge is 0.244 e. The molecule has 0 radical (unpaired) electrons. The molecule has 1 fully saturated rings. The molecule has 1 unspecified atom stereocenters. The molecule has 1 aliphatic heterocycles. The number of amides is 1. The number of nitrogens with zero attached hydrogens (tertiary/aromatic N) is 4. The minimum atomic E-state index is 0.147. The second kappa shape index (κ2) is 7.54. The van der Waals surface area contributed by atoms with Gasteiger partial charge in [0.2, 0.25) is 5.91 Å². The van der Waals surface area contributed by atoms with Gasteiger partial charge in [-0.25, -0.2) is 4.68 Å². The highest BCUT2D eigenvalue weighted by Gasteiger charge is 2.23. The average molecular weight is 293 g/mol. The van der Waals surface area contributed by atoms with Gasteiger partial charge in [-0.15, -0.1) is 5.10 Å². The van der Waals surface area contributed by atoms with E-state index in [9.17, 15) is 4.79 Å². The van der Waals surface area contributed by atoms with E-state index in [4.69, 9.17) is 0 Å². The van der Waals surface area contributed by atoms with Crippen molar-refractivity contribution in [3.05, 3.63) is 11.9 Å². The van der Waals surface area contributed by atoms with Crippen molar-refractivity contribution >= 4 is 5.91 Å². The normalized spacial score (nSPS) is 19.2. The molecule has 0 aliphatic carbocycles. The van der Waals surface area contributed by atoms with Crippen LogP contribution in [0.15, 0.2) is 6.20 Å². The van der Waals surface area contributed by atoms with Gasteiger partial charge in [-0.05, 0) is 38.6 Å². The maximum atomic E-state index is 12.3. The van der Waals surface area contributed by atoms with Crippen LogP contribution in [0.4, 0.5) is 0 Å². The van der Waals surface area contributed by atoms with Crippen LogP contribution in [0.25, 0.3) is 0 Å². The van der Waals surface area contributed by atoms with Gasteiger partial charge in [-0.2, -0.15) is 0 Å². The van der Waals surface area contributed by atoms with Crippen molar-refractivity contribution in [2.24, 2.45) is 5.92 Å². The zero-order valence-corrected chi connectivity index (χ0v) is 13.4. The van der Waals surface area contributed by atoms with E-state index in [0.29, 0.717) is 25.0 Å². The van der Waals surface area contributed by atoms with Crippen LogP contribution in [-0.2, 0) is 17.9 Å². The van der Waals surface area contributed by atoms with Gasteiger partial charge in [0, 0.05) is 19.1 Å².